The van der Waals surface area contributed by atoms with E-state index in [2.05, 4.69) is 48.5 Å². The summed E-state index contributed by atoms with van der Waals surface area (Å²) >= 11 is 0. The summed E-state index contributed by atoms with van der Waals surface area (Å²) < 4.78 is 0. The molecule has 0 spiro atoms. The molecule has 1 aliphatic carbocycles. The standard InChI is InChI=1S/C36H30N2O2/c39-35-27(19-17-25-15-13-23-7-1-3-9-29(23)33(25)35)21-37-31-11-5-6-12-32(31)38-22-28-20-18-26-16-14-24-8-2-4-10-30(24)34(26)36(28)40/h1-4,7-10,13-22,31-32,39-40H,5-6,11-12H2/t31-,32-/m1/s1. The average molecular weight is 523 g/mol. The molecule has 0 aliphatic heterocycles. The van der Waals surface area contributed by atoms with Gasteiger partial charge in [-0.15, -0.1) is 0 Å². The van der Waals surface area contributed by atoms with Crippen molar-refractivity contribution in [1.29, 1.82) is 0 Å². The van der Waals surface area contributed by atoms with Crippen molar-refractivity contribution in [3.63, 3.8) is 0 Å². The number of benzene rings is 6. The second kappa shape index (κ2) is 10.1. The predicted molar refractivity (Wildman–Crippen MR) is 167 cm³/mol. The molecule has 0 bridgehead atoms. The van der Waals surface area contributed by atoms with Gasteiger partial charge < -0.3 is 10.2 Å². The van der Waals surface area contributed by atoms with Gasteiger partial charge in [-0.05, 0) is 57.3 Å². The third-order valence-corrected chi connectivity index (χ3v) is 8.33. The molecule has 0 saturated heterocycles. The van der Waals surface area contributed by atoms with E-state index in [-0.39, 0.29) is 23.6 Å². The minimum Gasteiger partial charge on any atom is -0.507 e. The van der Waals surface area contributed by atoms with Crippen LogP contribution in [0.25, 0.3) is 43.1 Å². The van der Waals surface area contributed by atoms with Gasteiger partial charge in [0.05, 0.1) is 12.1 Å². The largest absolute Gasteiger partial charge is 0.507 e. The fraction of sp³-hybridized carbons (Fsp3) is 0.167. The van der Waals surface area contributed by atoms with E-state index in [1.807, 2.05) is 61.0 Å². The first kappa shape index (κ1) is 24.3. The number of phenolic OH excluding ortho intramolecular Hbond substituents is 2. The Labute approximate surface area is 233 Å². The number of phenols is 2. The maximum Gasteiger partial charge on any atom is 0.132 e. The van der Waals surface area contributed by atoms with Crippen LogP contribution in [0.1, 0.15) is 36.8 Å². The predicted octanol–water partition coefficient (Wildman–Crippen LogP) is 8.56. The second-order valence-corrected chi connectivity index (χ2v) is 10.8. The zero-order chi connectivity index (χ0) is 27.1. The summed E-state index contributed by atoms with van der Waals surface area (Å²) in [6, 6.07) is 32.6. The summed E-state index contributed by atoms with van der Waals surface area (Å²) in [7, 11) is 0. The summed E-state index contributed by atoms with van der Waals surface area (Å²) in [6.45, 7) is 0. The van der Waals surface area contributed by atoms with Gasteiger partial charge in [0.25, 0.3) is 0 Å². The number of hydrogen-bond acceptors (Lipinski definition) is 4. The van der Waals surface area contributed by atoms with Crippen LogP contribution in [-0.4, -0.2) is 34.7 Å². The molecule has 196 valence electrons. The molecule has 1 saturated carbocycles. The molecule has 0 amide bonds. The summed E-state index contributed by atoms with van der Waals surface area (Å²) in [5.41, 5.74) is 1.44. The molecule has 0 aromatic heterocycles. The zero-order valence-corrected chi connectivity index (χ0v) is 22.2. The highest BCUT2D eigenvalue weighted by molar-refractivity contribution is 6.14. The van der Waals surface area contributed by atoms with Gasteiger partial charge in [0, 0.05) is 34.3 Å². The van der Waals surface area contributed by atoms with Crippen molar-refractivity contribution in [2.45, 2.75) is 37.8 Å². The van der Waals surface area contributed by atoms with Crippen LogP contribution in [0.5, 0.6) is 11.5 Å². The van der Waals surface area contributed by atoms with E-state index in [9.17, 15) is 10.2 Å². The Kier molecular flexibility index (Phi) is 6.16. The Morgan fingerprint density at radius 2 is 0.900 bits per heavy atom. The molecule has 2 atom stereocenters. The highest BCUT2D eigenvalue weighted by Gasteiger charge is 2.23. The van der Waals surface area contributed by atoms with Gasteiger partial charge in [0.15, 0.2) is 0 Å². The van der Waals surface area contributed by atoms with Crippen molar-refractivity contribution >= 4 is 55.5 Å². The van der Waals surface area contributed by atoms with Crippen LogP contribution in [0.15, 0.2) is 107 Å². The molecule has 0 unspecified atom stereocenters. The summed E-state index contributed by atoms with van der Waals surface area (Å²) in [4.78, 5) is 9.89. The number of rotatable bonds is 4. The normalized spacial score (nSPS) is 18.1. The fourth-order valence-electron chi connectivity index (χ4n) is 6.19. The summed E-state index contributed by atoms with van der Waals surface area (Å²) in [6.07, 6.45) is 7.74. The Hall–Kier alpha value is -4.70. The number of aromatic hydroxyl groups is 2. The van der Waals surface area contributed by atoms with Crippen molar-refractivity contribution < 1.29 is 10.2 Å². The second-order valence-electron chi connectivity index (χ2n) is 10.8. The van der Waals surface area contributed by atoms with Crippen molar-refractivity contribution in [3.8, 4) is 11.5 Å². The lowest BCUT2D eigenvalue weighted by Crippen LogP contribution is -2.27. The SMILES string of the molecule is Oc1c(C=N[C@@H]2CCCC[C@H]2N=Cc2ccc3ccc4ccccc4c3c2O)ccc2ccc3ccccc3c12. The maximum atomic E-state index is 11.2. The molecule has 40 heavy (non-hydrogen) atoms. The monoisotopic (exact) mass is 522 g/mol. The van der Waals surface area contributed by atoms with Crippen molar-refractivity contribution in [1.82, 2.24) is 0 Å². The van der Waals surface area contributed by atoms with Crippen LogP contribution >= 0.6 is 0 Å². The van der Waals surface area contributed by atoms with Gasteiger partial charge >= 0.3 is 0 Å². The Balaban J connectivity index is 1.20. The Bertz CT molecular complexity index is 1810. The van der Waals surface area contributed by atoms with Gasteiger partial charge in [-0.2, -0.15) is 0 Å². The first-order chi connectivity index (χ1) is 19.7. The van der Waals surface area contributed by atoms with Crippen molar-refractivity contribution in [2.75, 3.05) is 0 Å². The van der Waals surface area contributed by atoms with Crippen LogP contribution in [0, 0.1) is 0 Å². The molecule has 6 aromatic rings. The van der Waals surface area contributed by atoms with Crippen LogP contribution in [0.3, 0.4) is 0 Å². The van der Waals surface area contributed by atoms with Gasteiger partial charge in [-0.3, -0.25) is 9.98 Å². The molecular weight excluding hydrogens is 492 g/mol. The van der Waals surface area contributed by atoms with E-state index in [0.717, 1.165) is 79.9 Å². The number of fused-ring (bicyclic) bond motifs is 6. The molecule has 0 heterocycles. The maximum absolute atomic E-state index is 11.2. The van der Waals surface area contributed by atoms with Crippen LogP contribution in [0.2, 0.25) is 0 Å². The lowest BCUT2D eigenvalue weighted by Gasteiger charge is -2.25. The number of hydrogen-bond donors (Lipinski definition) is 2. The van der Waals surface area contributed by atoms with E-state index >= 15 is 0 Å². The average Bonchev–Trinajstić information content (AvgIpc) is 3.00. The molecular formula is C36H30N2O2. The first-order valence-corrected chi connectivity index (χ1v) is 14.0. The number of nitrogens with zero attached hydrogens (tertiary/aromatic N) is 2. The van der Waals surface area contributed by atoms with Gasteiger partial charge in [0.1, 0.15) is 11.5 Å². The molecule has 6 aromatic carbocycles. The van der Waals surface area contributed by atoms with Gasteiger partial charge in [-0.25, -0.2) is 0 Å². The minimum absolute atomic E-state index is 0.0241. The van der Waals surface area contributed by atoms with Crippen LogP contribution < -0.4 is 0 Å². The summed E-state index contributed by atoms with van der Waals surface area (Å²) in [5, 5.41) is 30.5. The highest BCUT2D eigenvalue weighted by Crippen LogP contribution is 2.36. The van der Waals surface area contributed by atoms with Crippen LogP contribution in [0.4, 0.5) is 0 Å². The quantitative estimate of drug-likeness (QED) is 0.180. The van der Waals surface area contributed by atoms with Crippen LogP contribution in [-0.2, 0) is 0 Å². The van der Waals surface area contributed by atoms with Crippen molar-refractivity contribution in [3.05, 3.63) is 108 Å². The molecule has 2 N–H and O–H groups in total. The molecule has 4 heteroatoms. The zero-order valence-electron chi connectivity index (χ0n) is 22.2. The number of aliphatic imine (C=N–C) groups is 2. The molecule has 7 rings (SSSR count). The van der Waals surface area contributed by atoms with E-state index in [1.54, 1.807) is 0 Å². The third kappa shape index (κ3) is 4.26. The topological polar surface area (TPSA) is 65.2 Å². The minimum atomic E-state index is 0.0241. The smallest absolute Gasteiger partial charge is 0.132 e. The fourth-order valence-corrected chi connectivity index (χ4v) is 6.19. The van der Waals surface area contributed by atoms with E-state index in [0.29, 0.717) is 0 Å². The molecule has 0 radical (unpaired) electrons. The first-order valence-electron chi connectivity index (χ1n) is 14.0. The van der Waals surface area contributed by atoms with Gasteiger partial charge in [0.2, 0.25) is 0 Å². The molecule has 1 aliphatic rings. The highest BCUT2D eigenvalue weighted by atomic mass is 16.3. The molecule has 1 fully saturated rings. The lowest BCUT2D eigenvalue weighted by atomic mass is 9.91. The lowest BCUT2D eigenvalue weighted by molar-refractivity contribution is 0.390. The van der Waals surface area contributed by atoms with E-state index in [1.165, 1.54) is 0 Å². The van der Waals surface area contributed by atoms with Gasteiger partial charge in [-0.1, -0.05) is 97.8 Å². The van der Waals surface area contributed by atoms with E-state index in [4.69, 9.17) is 9.98 Å². The molecule has 4 nitrogen and oxygen atoms in total. The van der Waals surface area contributed by atoms with Crippen molar-refractivity contribution in [2.24, 2.45) is 9.98 Å². The Morgan fingerprint density at radius 3 is 1.38 bits per heavy atom. The third-order valence-electron chi connectivity index (χ3n) is 8.33. The summed E-state index contributed by atoms with van der Waals surface area (Å²) in [5.74, 6) is 0.532. The van der Waals surface area contributed by atoms with E-state index < -0.39 is 0 Å². The Morgan fingerprint density at radius 1 is 0.500 bits per heavy atom.